The summed E-state index contributed by atoms with van der Waals surface area (Å²) in [7, 11) is 0. The average molecular weight is 355 g/mol. The number of nitrogens with zero attached hydrogens (tertiary/aromatic N) is 3. The summed E-state index contributed by atoms with van der Waals surface area (Å²) in [5.41, 5.74) is -0.175. The molecular formula is C17H20F3N3S. The lowest BCUT2D eigenvalue weighted by Crippen LogP contribution is -2.43. The molecule has 24 heavy (non-hydrogen) atoms. The number of piperidine rings is 1. The van der Waals surface area contributed by atoms with Gasteiger partial charge < -0.3 is 9.80 Å². The Labute approximate surface area is 143 Å². The van der Waals surface area contributed by atoms with Crippen molar-refractivity contribution >= 4 is 26.7 Å². The molecule has 0 N–H and O–H groups in total. The third kappa shape index (κ3) is 3.11. The normalized spacial score (nSPS) is 21.0. The lowest BCUT2D eigenvalue weighted by Gasteiger charge is -2.36. The summed E-state index contributed by atoms with van der Waals surface area (Å²) in [6, 6.07) is 4.50. The van der Waals surface area contributed by atoms with Gasteiger partial charge in [0.25, 0.3) is 0 Å². The Morgan fingerprint density at radius 2 is 1.75 bits per heavy atom. The van der Waals surface area contributed by atoms with Crippen LogP contribution in [0.15, 0.2) is 18.2 Å². The molecule has 130 valence electrons. The number of hydrogen-bond donors (Lipinski definition) is 0. The molecule has 4 rings (SSSR count). The van der Waals surface area contributed by atoms with E-state index in [9.17, 15) is 13.2 Å². The second-order valence-corrected chi connectivity index (χ2v) is 7.65. The van der Waals surface area contributed by atoms with Crippen molar-refractivity contribution in [2.24, 2.45) is 0 Å². The summed E-state index contributed by atoms with van der Waals surface area (Å²) >= 11 is 1.49. The molecule has 2 aliphatic rings. The standard InChI is InChI=1S/C17H20F3N3S/c18-17(19,20)12-3-4-15-14(11-12)21-16(24-15)23-9-5-13(6-10-23)22-7-1-2-8-22/h3-4,11,13H,1-2,5-10H2. The van der Waals surface area contributed by atoms with Gasteiger partial charge in [0.1, 0.15) is 0 Å². The molecule has 3 heterocycles. The van der Waals surface area contributed by atoms with Gasteiger partial charge in [0.05, 0.1) is 15.8 Å². The fraction of sp³-hybridized carbons (Fsp3) is 0.588. The van der Waals surface area contributed by atoms with E-state index < -0.39 is 11.7 Å². The zero-order valence-electron chi connectivity index (χ0n) is 13.4. The number of likely N-dealkylation sites (tertiary alicyclic amines) is 1. The minimum atomic E-state index is -4.31. The van der Waals surface area contributed by atoms with Gasteiger partial charge in [-0.2, -0.15) is 13.2 Å². The zero-order valence-corrected chi connectivity index (χ0v) is 14.2. The second kappa shape index (κ2) is 6.19. The van der Waals surface area contributed by atoms with Crippen LogP contribution in [0.3, 0.4) is 0 Å². The molecule has 0 unspecified atom stereocenters. The molecule has 0 aliphatic carbocycles. The number of anilines is 1. The third-order valence-corrected chi connectivity index (χ3v) is 6.19. The Kier molecular flexibility index (Phi) is 4.16. The van der Waals surface area contributed by atoms with E-state index in [-0.39, 0.29) is 0 Å². The Bertz CT molecular complexity index is 713. The Balaban J connectivity index is 1.48. The van der Waals surface area contributed by atoms with E-state index in [4.69, 9.17) is 0 Å². The van der Waals surface area contributed by atoms with Crippen molar-refractivity contribution < 1.29 is 13.2 Å². The van der Waals surface area contributed by atoms with Crippen LogP contribution in [0.25, 0.3) is 10.2 Å². The SMILES string of the molecule is FC(F)(F)c1ccc2sc(N3CCC(N4CCCC4)CC3)nc2c1. The smallest absolute Gasteiger partial charge is 0.348 e. The summed E-state index contributed by atoms with van der Waals surface area (Å²) in [5.74, 6) is 0. The molecule has 0 amide bonds. The Morgan fingerprint density at radius 1 is 1.04 bits per heavy atom. The van der Waals surface area contributed by atoms with Crippen molar-refractivity contribution in [2.75, 3.05) is 31.1 Å². The van der Waals surface area contributed by atoms with Gasteiger partial charge in [-0.25, -0.2) is 4.98 Å². The van der Waals surface area contributed by atoms with Crippen molar-refractivity contribution in [2.45, 2.75) is 37.9 Å². The molecule has 1 aromatic carbocycles. The lowest BCUT2D eigenvalue weighted by atomic mass is 10.0. The molecule has 7 heteroatoms. The maximum atomic E-state index is 12.8. The fourth-order valence-electron chi connectivity index (χ4n) is 3.76. The van der Waals surface area contributed by atoms with Gasteiger partial charge in [-0.3, -0.25) is 0 Å². The van der Waals surface area contributed by atoms with E-state index >= 15 is 0 Å². The Hall–Kier alpha value is -1.34. The molecule has 2 saturated heterocycles. The van der Waals surface area contributed by atoms with Crippen LogP contribution in [-0.2, 0) is 6.18 Å². The maximum absolute atomic E-state index is 12.8. The van der Waals surface area contributed by atoms with Crippen LogP contribution in [0.4, 0.5) is 18.3 Å². The zero-order chi connectivity index (χ0) is 16.7. The minimum Gasteiger partial charge on any atom is -0.348 e. The first kappa shape index (κ1) is 16.1. The molecular weight excluding hydrogens is 335 g/mol. The van der Waals surface area contributed by atoms with Gasteiger partial charge in [0.15, 0.2) is 5.13 Å². The van der Waals surface area contributed by atoms with Crippen LogP contribution in [0, 0.1) is 0 Å². The maximum Gasteiger partial charge on any atom is 0.416 e. The molecule has 0 spiro atoms. The van der Waals surface area contributed by atoms with Gasteiger partial charge in [0.2, 0.25) is 0 Å². The van der Waals surface area contributed by atoms with E-state index in [1.807, 2.05) is 0 Å². The molecule has 2 fully saturated rings. The first-order valence-electron chi connectivity index (χ1n) is 8.47. The van der Waals surface area contributed by atoms with Crippen LogP contribution in [0.1, 0.15) is 31.2 Å². The predicted octanol–water partition coefficient (Wildman–Crippen LogP) is 4.38. The summed E-state index contributed by atoms with van der Waals surface area (Å²) in [6.07, 6.45) is 0.527. The van der Waals surface area contributed by atoms with Crippen molar-refractivity contribution in [3.8, 4) is 0 Å². The van der Waals surface area contributed by atoms with Gasteiger partial charge in [0, 0.05) is 19.1 Å². The number of rotatable bonds is 2. The average Bonchev–Trinajstić information content (AvgIpc) is 3.23. The van der Waals surface area contributed by atoms with Crippen molar-refractivity contribution in [3.63, 3.8) is 0 Å². The molecule has 0 atom stereocenters. The quantitative estimate of drug-likeness (QED) is 0.797. The topological polar surface area (TPSA) is 19.4 Å². The largest absolute Gasteiger partial charge is 0.416 e. The minimum absolute atomic E-state index is 0.450. The number of halogens is 3. The number of fused-ring (bicyclic) bond motifs is 1. The monoisotopic (exact) mass is 355 g/mol. The van der Waals surface area contributed by atoms with Gasteiger partial charge in [-0.1, -0.05) is 11.3 Å². The van der Waals surface area contributed by atoms with Crippen LogP contribution in [0.5, 0.6) is 0 Å². The summed E-state index contributed by atoms with van der Waals surface area (Å²) < 4.78 is 39.3. The van der Waals surface area contributed by atoms with Crippen LogP contribution in [-0.4, -0.2) is 42.1 Å². The van der Waals surface area contributed by atoms with Crippen molar-refractivity contribution in [1.82, 2.24) is 9.88 Å². The molecule has 0 saturated carbocycles. The first-order chi connectivity index (χ1) is 11.5. The molecule has 0 radical (unpaired) electrons. The summed E-state index contributed by atoms with van der Waals surface area (Å²) in [5, 5.41) is 0.851. The van der Waals surface area contributed by atoms with Gasteiger partial charge in [-0.05, 0) is 57.0 Å². The van der Waals surface area contributed by atoms with Crippen molar-refractivity contribution in [1.29, 1.82) is 0 Å². The highest BCUT2D eigenvalue weighted by atomic mass is 32.1. The lowest BCUT2D eigenvalue weighted by molar-refractivity contribution is -0.137. The molecule has 1 aromatic heterocycles. The number of hydrogen-bond acceptors (Lipinski definition) is 4. The predicted molar refractivity (Wildman–Crippen MR) is 90.7 cm³/mol. The van der Waals surface area contributed by atoms with Gasteiger partial charge in [-0.15, -0.1) is 0 Å². The van der Waals surface area contributed by atoms with E-state index in [2.05, 4.69) is 14.8 Å². The fourth-order valence-corrected chi connectivity index (χ4v) is 4.75. The van der Waals surface area contributed by atoms with Gasteiger partial charge >= 0.3 is 6.18 Å². The number of benzene rings is 1. The number of thiazole rings is 1. The Morgan fingerprint density at radius 3 is 2.42 bits per heavy atom. The summed E-state index contributed by atoms with van der Waals surface area (Å²) in [6.45, 7) is 4.30. The van der Waals surface area contributed by atoms with Crippen LogP contribution in [0.2, 0.25) is 0 Å². The van der Waals surface area contributed by atoms with E-state index in [1.54, 1.807) is 0 Å². The van der Waals surface area contributed by atoms with Crippen molar-refractivity contribution in [3.05, 3.63) is 23.8 Å². The van der Waals surface area contributed by atoms with E-state index in [0.29, 0.717) is 11.6 Å². The van der Waals surface area contributed by atoms with E-state index in [0.717, 1.165) is 47.9 Å². The highest BCUT2D eigenvalue weighted by molar-refractivity contribution is 7.22. The number of aromatic nitrogens is 1. The molecule has 2 aromatic rings. The molecule has 0 bridgehead atoms. The van der Waals surface area contributed by atoms with Crippen LogP contribution < -0.4 is 4.90 Å². The van der Waals surface area contributed by atoms with E-state index in [1.165, 1.54) is 43.3 Å². The molecule has 2 aliphatic heterocycles. The third-order valence-electron chi connectivity index (χ3n) is 5.10. The molecule has 3 nitrogen and oxygen atoms in total. The second-order valence-electron chi connectivity index (χ2n) is 6.64. The number of alkyl halides is 3. The first-order valence-corrected chi connectivity index (χ1v) is 9.29. The highest BCUT2D eigenvalue weighted by Crippen LogP contribution is 2.36. The highest BCUT2D eigenvalue weighted by Gasteiger charge is 2.31. The van der Waals surface area contributed by atoms with Crippen LogP contribution >= 0.6 is 11.3 Å². The summed E-state index contributed by atoms with van der Waals surface area (Å²) in [4.78, 5) is 9.28.